The van der Waals surface area contributed by atoms with E-state index in [9.17, 15) is 9.59 Å². The third-order valence-electron chi connectivity index (χ3n) is 4.25. The lowest BCUT2D eigenvalue weighted by Crippen LogP contribution is -2.53. The lowest BCUT2D eigenvalue weighted by atomic mass is 9.92. The van der Waals surface area contributed by atoms with E-state index in [1.165, 1.54) is 0 Å². The lowest BCUT2D eigenvalue weighted by molar-refractivity contribution is -0.120. The van der Waals surface area contributed by atoms with Crippen LogP contribution in [-0.2, 0) is 17.6 Å². The Kier molecular flexibility index (Phi) is 4.44. The van der Waals surface area contributed by atoms with Crippen LogP contribution in [0.1, 0.15) is 16.7 Å². The number of hydrogen-bond donors (Lipinski definition) is 2. The largest absolute Gasteiger partial charge is 0.352 e. The molecule has 1 heterocycles. The zero-order valence-corrected chi connectivity index (χ0v) is 14.0. The van der Waals surface area contributed by atoms with Crippen molar-refractivity contribution in [2.24, 2.45) is 5.73 Å². The van der Waals surface area contributed by atoms with Crippen molar-refractivity contribution in [1.29, 1.82) is 0 Å². The second-order valence-electron chi connectivity index (χ2n) is 5.86. The molecule has 3 N–H and O–H groups in total. The van der Waals surface area contributed by atoms with Gasteiger partial charge >= 0.3 is 6.03 Å². The number of carbonyl (C=O) groups excluding carboxylic acids is 2. The van der Waals surface area contributed by atoms with Crippen LogP contribution < -0.4 is 16.0 Å². The van der Waals surface area contributed by atoms with Gasteiger partial charge in [-0.05, 0) is 22.8 Å². The first-order valence-electron chi connectivity index (χ1n) is 7.65. The van der Waals surface area contributed by atoms with Crippen LogP contribution >= 0.6 is 11.6 Å². The van der Waals surface area contributed by atoms with Crippen molar-refractivity contribution in [3.8, 4) is 0 Å². The third kappa shape index (κ3) is 3.08. The molecule has 24 heavy (non-hydrogen) atoms. The number of fused-ring (bicyclic) bond motifs is 1. The molecule has 5 nitrogen and oxygen atoms in total. The quantitative estimate of drug-likeness (QED) is 0.898. The fourth-order valence-electron chi connectivity index (χ4n) is 3.17. The topological polar surface area (TPSA) is 75.4 Å². The van der Waals surface area contributed by atoms with Crippen LogP contribution in [0.25, 0.3) is 0 Å². The summed E-state index contributed by atoms with van der Waals surface area (Å²) >= 11 is 6.26. The van der Waals surface area contributed by atoms with Crippen molar-refractivity contribution >= 4 is 29.2 Å². The predicted octanol–water partition coefficient (Wildman–Crippen LogP) is 2.49. The molecule has 2 aromatic rings. The molecule has 0 radical (unpaired) electrons. The number of carbonyl (C=O) groups is 2. The van der Waals surface area contributed by atoms with Gasteiger partial charge in [0.25, 0.3) is 0 Å². The van der Waals surface area contributed by atoms with Gasteiger partial charge < -0.3 is 16.0 Å². The van der Waals surface area contributed by atoms with Gasteiger partial charge in [-0.3, -0.25) is 4.79 Å². The Morgan fingerprint density at radius 1 is 1.25 bits per heavy atom. The van der Waals surface area contributed by atoms with Gasteiger partial charge in [-0.1, -0.05) is 48.0 Å². The van der Waals surface area contributed by atoms with Crippen LogP contribution in [-0.4, -0.2) is 25.0 Å². The van der Waals surface area contributed by atoms with E-state index < -0.39 is 12.1 Å². The molecular weight excluding hydrogens is 326 g/mol. The highest BCUT2D eigenvalue weighted by atomic mass is 35.5. The van der Waals surface area contributed by atoms with E-state index >= 15 is 0 Å². The first-order chi connectivity index (χ1) is 11.5. The molecule has 3 rings (SSSR count). The maximum atomic E-state index is 12.5. The van der Waals surface area contributed by atoms with E-state index in [-0.39, 0.29) is 5.91 Å². The average molecular weight is 344 g/mol. The maximum absolute atomic E-state index is 12.5. The molecule has 0 fully saturated rings. The Morgan fingerprint density at radius 2 is 1.96 bits per heavy atom. The summed E-state index contributed by atoms with van der Waals surface area (Å²) < 4.78 is 0. The summed E-state index contributed by atoms with van der Waals surface area (Å²) in [4.78, 5) is 25.2. The van der Waals surface area contributed by atoms with Gasteiger partial charge in [0.1, 0.15) is 6.04 Å². The van der Waals surface area contributed by atoms with E-state index in [2.05, 4.69) is 5.32 Å². The molecule has 1 aliphatic heterocycles. The number of nitrogens with one attached hydrogen (secondary N) is 1. The lowest BCUT2D eigenvalue weighted by Gasteiger charge is -2.33. The van der Waals surface area contributed by atoms with E-state index in [0.29, 0.717) is 17.9 Å². The molecule has 2 aromatic carbocycles. The van der Waals surface area contributed by atoms with E-state index in [0.717, 1.165) is 22.4 Å². The van der Waals surface area contributed by atoms with Crippen LogP contribution in [0.4, 0.5) is 10.5 Å². The molecule has 0 spiro atoms. The minimum atomic E-state index is -0.697. The Morgan fingerprint density at radius 3 is 2.67 bits per heavy atom. The van der Waals surface area contributed by atoms with Crippen molar-refractivity contribution in [3.05, 3.63) is 64.2 Å². The smallest absolute Gasteiger partial charge is 0.312 e. The number of nitrogens with zero attached hydrogens (tertiary/aromatic N) is 1. The molecule has 0 saturated heterocycles. The SMILES string of the molecule is CN1C(=O)[C@H](NC(N)=O)Cc2cccc(Cc3ccccc3Cl)c21. The summed E-state index contributed by atoms with van der Waals surface area (Å²) in [6.07, 6.45) is 1.06. The molecule has 0 saturated carbocycles. The van der Waals surface area contributed by atoms with Crippen LogP contribution in [0.15, 0.2) is 42.5 Å². The first kappa shape index (κ1) is 16.3. The molecule has 0 unspecified atom stereocenters. The molecule has 0 aromatic heterocycles. The molecular formula is C18H18ClN3O2. The molecule has 1 aliphatic rings. The second-order valence-corrected chi connectivity index (χ2v) is 6.26. The normalized spacial score (nSPS) is 16.7. The molecule has 6 heteroatoms. The van der Waals surface area contributed by atoms with Gasteiger partial charge in [-0.25, -0.2) is 4.79 Å². The van der Waals surface area contributed by atoms with Crippen molar-refractivity contribution < 1.29 is 9.59 Å². The number of anilines is 1. The molecule has 0 aliphatic carbocycles. The summed E-state index contributed by atoms with van der Waals surface area (Å²) in [7, 11) is 1.71. The standard InChI is InChI=1S/C18H18ClN3O2/c1-22-16-12(9-11-5-2-3-8-14(11)19)6-4-7-13(16)10-15(17(22)23)21-18(20)24/h2-8,15H,9-10H2,1H3,(H3,20,21,24)/t15-/m1/s1. The molecule has 1 atom stereocenters. The number of nitrogens with two attached hydrogens (primary N) is 1. The second kappa shape index (κ2) is 6.53. The van der Waals surface area contributed by atoms with Crippen LogP contribution in [0.5, 0.6) is 0 Å². The van der Waals surface area contributed by atoms with Crippen LogP contribution in [0.2, 0.25) is 5.02 Å². The fourth-order valence-corrected chi connectivity index (χ4v) is 3.37. The van der Waals surface area contributed by atoms with Crippen molar-refractivity contribution in [3.63, 3.8) is 0 Å². The Bertz CT molecular complexity index is 807. The number of urea groups is 1. The fraction of sp³-hybridized carbons (Fsp3) is 0.222. The van der Waals surface area contributed by atoms with E-state index in [1.54, 1.807) is 11.9 Å². The average Bonchev–Trinajstić information content (AvgIpc) is 2.54. The van der Waals surface area contributed by atoms with Crippen molar-refractivity contribution in [2.45, 2.75) is 18.9 Å². The van der Waals surface area contributed by atoms with Crippen LogP contribution in [0.3, 0.4) is 0 Å². The van der Waals surface area contributed by atoms with Crippen molar-refractivity contribution in [1.82, 2.24) is 5.32 Å². The number of halogens is 1. The third-order valence-corrected chi connectivity index (χ3v) is 4.62. The molecule has 0 bridgehead atoms. The Labute approximate surface area is 145 Å². The molecule has 3 amide bonds. The summed E-state index contributed by atoms with van der Waals surface area (Å²) in [5.41, 5.74) is 9.07. The van der Waals surface area contributed by atoms with Gasteiger partial charge in [0.2, 0.25) is 5.91 Å². The summed E-state index contributed by atoms with van der Waals surface area (Å²) in [6, 6.07) is 12.2. The van der Waals surface area contributed by atoms with Crippen molar-refractivity contribution in [2.75, 3.05) is 11.9 Å². The number of para-hydroxylation sites is 1. The molecule has 124 valence electrons. The summed E-state index contributed by atoms with van der Waals surface area (Å²) in [6.45, 7) is 0. The predicted molar refractivity (Wildman–Crippen MR) is 94.3 cm³/mol. The monoisotopic (exact) mass is 343 g/mol. The first-order valence-corrected chi connectivity index (χ1v) is 8.03. The number of hydrogen-bond acceptors (Lipinski definition) is 2. The zero-order valence-electron chi connectivity index (χ0n) is 13.3. The summed E-state index contributed by atoms with van der Waals surface area (Å²) in [5.74, 6) is -0.173. The number of primary amides is 1. The van der Waals surface area contributed by atoms with E-state index in [4.69, 9.17) is 17.3 Å². The zero-order chi connectivity index (χ0) is 17.3. The minimum absolute atomic E-state index is 0.173. The van der Waals surface area contributed by atoms with Gasteiger partial charge in [0.15, 0.2) is 0 Å². The van der Waals surface area contributed by atoms with Gasteiger partial charge in [0, 0.05) is 24.9 Å². The van der Waals surface area contributed by atoms with Gasteiger partial charge in [-0.2, -0.15) is 0 Å². The maximum Gasteiger partial charge on any atom is 0.312 e. The minimum Gasteiger partial charge on any atom is -0.352 e. The van der Waals surface area contributed by atoms with Gasteiger partial charge in [-0.15, -0.1) is 0 Å². The summed E-state index contributed by atoms with van der Waals surface area (Å²) in [5, 5.41) is 3.21. The van der Waals surface area contributed by atoms with E-state index in [1.807, 2.05) is 42.5 Å². The highest BCUT2D eigenvalue weighted by Crippen LogP contribution is 2.33. The van der Waals surface area contributed by atoms with Gasteiger partial charge in [0.05, 0.1) is 5.69 Å². The highest BCUT2D eigenvalue weighted by molar-refractivity contribution is 6.31. The number of benzene rings is 2. The Hall–Kier alpha value is -2.53. The Balaban J connectivity index is 1.97. The number of likely N-dealkylation sites (N-methyl/N-ethyl adjacent to an activating group) is 1. The highest BCUT2D eigenvalue weighted by Gasteiger charge is 2.32. The number of rotatable bonds is 3. The number of amides is 3. The van der Waals surface area contributed by atoms with Crippen LogP contribution in [0, 0.1) is 0 Å².